The number of pyridine rings is 1. The van der Waals surface area contributed by atoms with Gasteiger partial charge in [-0.15, -0.1) is 0 Å². The Labute approximate surface area is 210 Å². The summed E-state index contributed by atoms with van der Waals surface area (Å²) in [4.78, 5) is 36.0. The molecule has 0 aromatic carbocycles. The number of ether oxygens (including phenoxy) is 1. The number of piperidine rings is 1. The smallest absolute Gasteiger partial charge is 0.267 e. The molecule has 0 radical (unpaired) electrons. The molecule has 2 saturated heterocycles. The molecule has 0 bridgehead atoms. The van der Waals surface area contributed by atoms with Crippen molar-refractivity contribution in [2.24, 2.45) is 11.8 Å². The van der Waals surface area contributed by atoms with Crippen molar-refractivity contribution in [1.82, 2.24) is 14.3 Å². The molecule has 34 heavy (non-hydrogen) atoms. The van der Waals surface area contributed by atoms with E-state index < -0.39 is 0 Å². The highest BCUT2D eigenvalue weighted by atomic mass is 32.2. The molecule has 4 heterocycles. The summed E-state index contributed by atoms with van der Waals surface area (Å²) in [6.45, 7) is 11.7. The molecular formula is C25H32N4O3S2. The predicted molar refractivity (Wildman–Crippen MR) is 142 cm³/mol. The van der Waals surface area contributed by atoms with Crippen LogP contribution in [0.5, 0.6) is 0 Å². The number of aryl methyl sites for hydroxylation is 1. The van der Waals surface area contributed by atoms with Crippen molar-refractivity contribution in [2.45, 2.75) is 40.5 Å². The summed E-state index contributed by atoms with van der Waals surface area (Å²) >= 11 is 6.73. The van der Waals surface area contributed by atoms with E-state index in [2.05, 4.69) is 18.7 Å². The van der Waals surface area contributed by atoms with Gasteiger partial charge in [0.1, 0.15) is 15.8 Å². The quantitative estimate of drug-likeness (QED) is 0.322. The fourth-order valence-corrected chi connectivity index (χ4v) is 6.03. The first kappa shape index (κ1) is 24.9. The Morgan fingerprint density at radius 3 is 2.68 bits per heavy atom. The van der Waals surface area contributed by atoms with E-state index in [1.807, 2.05) is 26.0 Å². The molecule has 2 aliphatic rings. The van der Waals surface area contributed by atoms with Crippen molar-refractivity contribution in [3.63, 3.8) is 0 Å². The van der Waals surface area contributed by atoms with Crippen LogP contribution in [0, 0.1) is 18.8 Å². The Morgan fingerprint density at radius 1 is 1.24 bits per heavy atom. The molecule has 2 aromatic heterocycles. The van der Waals surface area contributed by atoms with E-state index in [4.69, 9.17) is 21.9 Å². The van der Waals surface area contributed by atoms with Gasteiger partial charge in [0.15, 0.2) is 0 Å². The van der Waals surface area contributed by atoms with Gasteiger partial charge in [0, 0.05) is 39.0 Å². The van der Waals surface area contributed by atoms with E-state index in [1.54, 1.807) is 21.6 Å². The molecule has 4 rings (SSSR count). The highest BCUT2D eigenvalue weighted by molar-refractivity contribution is 8.26. The van der Waals surface area contributed by atoms with Crippen molar-refractivity contribution < 1.29 is 9.53 Å². The standard InChI is InChI=1S/C25H32N4O3S2/c1-5-32-10-6-9-28-24(31)20(34-25(28)33)12-19-22(27-13-17(3)11-18(4)14-27)26-21-8-7-16(2)15-29(21)23(19)30/h7-8,12,15,17-18H,5-6,9-11,13-14H2,1-4H3/b20-12-/t17-,18+. The number of aromatic nitrogens is 2. The lowest BCUT2D eigenvalue weighted by Gasteiger charge is -2.36. The van der Waals surface area contributed by atoms with Crippen LogP contribution < -0.4 is 10.5 Å². The number of thiocarbonyl (C=S) groups is 1. The van der Waals surface area contributed by atoms with Crippen LogP contribution in [0.3, 0.4) is 0 Å². The molecule has 0 unspecified atom stereocenters. The lowest BCUT2D eigenvalue weighted by atomic mass is 9.91. The molecular weight excluding hydrogens is 468 g/mol. The second-order valence-corrected chi connectivity index (χ2v) is 11.0. The second kappa shape index (κ2) is 10.6. The van der Waals surface area contributed by atoms with Crippen LogP contribution in [-0.2, 0) is 9.53 Å². The molecule has 0 N–H and O–H groups in total. The van der Waals surface area contributed by atoms with E-state index in [9.17, 15) is 9.59 Å². The number of amides is 1. The van der Waals surface area contributed by atoms with Gasteiger partial charge in [-0.05, 0) is 56.2 Å². The zero-order valence-corrected chi connectivity index (χ0v) is 21.9. The molecule has 2 atom stereocenters. The lowest BCUT2D eigenvalue weighted by Crippen LogP contribution is -2.40. The van der Waals surface area contributed by atoms with Gasteiger partial charge in [-0.2, -0.15) is 0 Å². The van der Waals surface area contributed by atoms with Gasteiger partial charge in [0.05, 0.1) is 10.5 Å². The summed E-state index contributed by atoms with van der Waals surface area (Å²) in [6, 6.07) is 3.83. The number of nitrogens with zero attached hydrogens (tertiary/aromatic N) is 4. The Balaban J connectivity index is 1.75. The van der Waals surface area contributed by atoms with Crippen LogP contribution in [-0.4, -0.2) is 57.4 Å². The Hall–Kier alpha value is -2.23. The van der Waals surface area contributed by atoms with Crippen LogP contribution in [0.25, 0.3) is 11.7 Å². The molecule has 7 nitrogen and oxygen atoms in total. The third kappa shape index (κ3) is 5.21. The topological polar surface area (TPSA) is 67.2 Å². The van der Waals surface area contributed by atoms with Crippen LogP contribution in [0.1, 0.15) is 44.7 Å². The third-order valence-electron chi connectivity index (χ3n) is 6.18. The minimum Gasteiger partial charge on any atom is -0.382 e. The SMILES string of the molecule is CCOCCCN1C(=O)/C(=C/c2c(N3C[C@H](C)C[C@H](C)C3)nc3ccc(C)cn3c2=O)SC1=S. The largest absolute Gasteiger partial charge is 0.382 e. The number of anilines is 1. The lowest BCUT2D eigenvalue weighted by molar-refractivity contribution is -0.122. The summed E-state index contributed by atoms with van der Waals surface area (Å²) in [7, 11) is 0. The number of thioether (sulfide) groups is 1. The average Bonchev–Trinajstić information content (AvgIpc) is 3.05. The van der Waals surface area contributed by atoms with E-state index in [1.165, 1.54) is 11.8 Å². The fourth-order valence-electron chi connectivity index (χ4n) is 4.74. The molecule has 1 amide bonds. The molecule has 2 aromatic rings. The van der Waals surface area contributed by atoms with E-state index >= 15 is 0 Å². The van der Waals surface area contributed by atoms with Crippen molar-refractivity contribution in [1.29, 1.82) is 0 Å². The normalized spacial score (nSPS) is 22.4. The van der Waals surface area contributed by atoms with E-state index in [-0.39, 0.29) is 11.5 Å². The third-order valence-corrected chi connectivity index (χ3v) is 7.56. The number of hydrogen-bond acceptors (Lipinski definition) is 7. The molecule has 2 aliphatic heterocycles. The maximum Gasteiger partial charge on any atom is 0.267 e. The number of rotatable bonds is 7. The molecule has 2 fully saturated rings. The summed E-state index contributed by atoms with van der Waals surface area (Å²) in [5.41, 5.74) is 1.85. The second-order valence-electron chi connectivity index (χ2n) is 9.32. The molecule has 182 valence electrons. The van der Waals surface area contributed by atoms with Crippen molar-refractivity contribution >= 4 is 51.7 Å². The van der Waals surface area contributed by atoms with Crippen LogP contribution in [0.15, 0.2) is 28.0 Å². The van der Waals surface area contributed by atoms with Gasteiger partial charge >= 0.3 is 0 Å². The minimum atomic E-state index is -0.170. The average molecular weight is 501 g/mol. The van der Waals surface area contributed by atoms with E-state index in [0.29, 0.717) is 64.3 Å². The first-order chi connectivity index (χ1) is 16.3. The fraction of sp³-hybridized carbons (Fsp3) is 0.520. The predicted octanol–water partition coefficient (Wildman–Crippen LogP) is 4.11. The molecule has 0 saturated carbocycles. The summed E-state index contributed by atoms with van der Waals surface area (Å²) in [5.74, 6) is 1.48. The summed E-state index contributed by atoms with van der Waals surface area (Å²) in [5, 5.41) is 0. The van der Waals surface area contributed by atoms with Crippen molar-refractivity contribution in [3.05, 3.63) is 44.7 Å². The monoisotopic (exact) mass is 500 g/mol. The van der Waals surface area contributed by atoms with Crippen LogP contribution in [0.4, 0.5) is 5.82 Å². The highest BCUT2D eigenvalue weighted by Gasteiger charge is 2.33. The molecule has 0 spiro atoms. The Kier molecular flexibility index (Phi) is 7.74. The number of hydrogen-bond donors (Lipinski definition) is 0. The Morgan fingerprint density at radius 2 is 1.97 bits per heavy atom. The van der Waals surface area contributed by atoms with Crippen molar-refractivity contribution in [3.8, 4) is 0 Å². The van der Waals surface area contributed by atoms with Gasteiger partial charge in [-0.25, -0.2) is 4.98 Å². The van der Waals surface area contributed by atoms with Crippen molar-refractivity contribution in [2.75, 3.05) is 37.7 Å². The highest BCUT2D eigenvalue weighted by Crippen LogP contribution is 2.34. The van der Waals surface area contributed by atoms with Crippen LogP contribution >= 0.6 is 24.0 Å². The van der Waals surface area contributed by atoms with Gasteiger partial charge in [-0.1, -0.05) is 43.9 Å². The zero-order chi connectivity index (χ0) is 24.4. The van der Waals surface area contributed by atoms with Crippen LogP contribution in [0.2, 0.25) is 0 Å². The zero-order valence-electron chi connectivity index (χ0n) is 20.2. The first-order valence-corrected chi connectivity index (χ1v) is 13.1. The Bertz CT molecular complexity index is 1180. The number of carbonyl (C=O) groups is 1. The van der Waals surface area contributed by atoms with Gasteiger partial charge in [0.25, 0.3) is 11.5 Å². The minimum absolute atomic E-state index is 0.161. The molecule has 9 heteroatoms. The number of fused-ring (bicyclic) bond motifs is 1. The molecule has 0 aliphatic carbocycles. The number of carbonyl (C=O) groups excluding carboxylic acids is 1. The summed E-state index contributed by atoms with van der Waals surface area (Å²) in [6.07, 6.45) is 5.36. The van der Waals surface area contributed by atoms with Gasteiger partial charge in [0.2, 0.25) is 0 Å². The first-order valence-electron chi connectivity index (χ1n) is 11.9. The van der Waals surface area contributed by atoms with Gasteiger partial charge < -0.3 is 9.64 Å². The van der Waals surface area contributed by atoms with Gasteiger partial charge in [-0.3, -0.25) is 18.9 Å². The van der Waals surface area contributed by atoms with E-state index in [0.717, 1.165) is 25.1 Å². The summed E-state index contributed by atoms with van der Waals surface area (Å²) < 4.78 is 7.48. The maximum absolute atomic E-state index is 13.7. The maximum atomic E-state index is 13.7.